The van der Waals surface area contributed by atoms with Crippen molar-refractivity contribution in [2.45, 2.75) is 13.3 Å². The van der Waals surface area contributed by atoms with E-state index in [2.05, 4.69) is 9.88 Å². The quantitative estimate of drug-likeness (QED) is 0.535. The van der Waals surface area contributed by atoms with Crippen molar-refractivity contribution < 1.29 is 13.6 Å². The summed E-state index contributed by atoms with van der Waals surface area (Å²) in [6.45, 7) is 4.15. The van der Waals surface area contributed by atoms with E-state index < -0.39 is 5.82 Å². The van der Waals surface area contributed by atoms with Gasteiger partial charge in [-0.3, -0.25) is 4.79 Å². The Kier molecular flexibility index (Phi) is 5.97. The first-order valence-electron chi connectivity index (χ1n) is 9.64. The molecule has 1 aliphatic heterocycles. The number of aromatic nitrogens is 1. The summed E-state index contributed by atoms with van der Waals surface area (Å²) in [5.41, 5.74) is 1.80. The van der Waals surface area contributed by atoms with Crippen LogP contribution in [0.5, 0.6) is 0 Å². The monoisotopic (exact) mass is 447 g/mol. The molecule has 2 aromatic carbocycles. The van der Waals surface area contributed by atoms with E-state index >= 15 is 0 Å². The van der Waals surface area contributed by atoms with E-state index in [1.54, 1.807) is 30.0 Å². The normalized spacial score (nSPS) is 14.7. The number of rotatable bonds is 3. The molecule has 8 heteroatoms. The second kappa shape index (κ2) is 8.66. The Morgan fingerprint density at radius 2 is 1.83 bits per heavy atom. The third-order valence-corrected chi connectivity index (χ3v) is 5.46. The smallest absolute Gasteiger partial charge is 0.292 e. The number of carbonyl (C=O) groups is 1. The summed E-state index contributed by atoms with van der Waals surface area (Å²) < 4.78 is 19.3. The van der Waals surface area contributed by atoms with Gasteiger partial charge in [0.1, 0.15) is 11.5 Å². The summed E-state index contributed by atoms with van der Waals surface area (Å²) in [6.07, 6.45) is 0.776. The summed E-state index contributed by atoms with van der Waals surface area (Å²) >= 11 is 12.3. The highest BCUT2D eigenvalue weighted by atomic mass is 35.5. The zero-order chi connectivity index (χ0) is 21.3. The number of hydrogen-bond donors (Lipinski definition) is 0. The molecule has 1 aromatic heterocycles. The van der Waals surface area contributed by atoms with Crippen molar-refractivity contribution in [3.8, 4) is 11.3 Å². The Morgan fingerprint density at radius 1 is 1.07 bits per heavy atom. The minimum atomic E-state index is -0.392. The molecule has 1 saturated heterocycles. The van der Waals surface area contributed by atoms with Crippen LogP contribution in [0.2, 0.25) is 10.0 Å². The zero-order valence-corrected chi connectivity index (χ0v) is 17.9. The van der Waals surface area contributed by atoms with E-state index in [1.807, 2.05) is 12.1 Å². The molecule has 4 rings (SSSR count). The third-order valence-electron chi connectivity index (χ3n) is 5.02. The van der Waals surface area contributed by atoms with E-state index in [0.29, 0.717) is 46.8 Å². The Labute approximate surface area is 184 Å². The van der Waals surface area contributed by atoms with Crippen LogP contribution in [0, 0.1) is 12.7 Å². The van der Waals surface area contributed by atoms with Gasteiger partial charge in [-0.1, -0.05) is 35.3 Å². The first-order chi connectivity index (χ1) is 14.4. The molecule has 30 heavy (non-hydrogen) atoms. The number of benzene rings is 2. The van der Waals surface area contributed by atoms with Gasteiger partial charge in [0.15, 0.2) is 5.89 Å². The van der Waals surface area contributed by atoms with E-state index in [0.717, 1.165) is 18.7 Å². The number of hydrogen-bond acceptors (Lipinski definition) is 4. The molecule has 0 radical (unpaired) electrons. The SMILES string of the molecule is Cc1nc(-c2cccc(F)c2)c(C(=O)N2CCCN(c3cc(Cl)cc(Cl)c3)CC2)o1. The van der Waals surface area contributed by atoms with E-state index in [1.165, 1.54) is 12.1 Å². The second-order valence-electron chi connectivity index (χ2n) is 7.18. The van der Waals surface area contributed by atoms with E-state index in [-0.39, 0.29) is 11.7 Å². The van der Waals surface area contributed by atoms with Gasteiger partial charge < -0.3 is 14.2 Å². The van der Waals surface area contributed by atoms with Gasteiger partial charge in [0, 0.05) is 54.4 Å². The van der Waals surface area contributed by atoms with Crippen LogP contribution < -0.4 is 4.90 Å². The zero-order valence-electron chi connectivity index (χ0n) is 16.4. The topological polar surface area (TPSA) is 49.6 Å². The molecule has 0 bridgehead atoms. The molecule has 0 spiro atoms. The molecule has 2 heterocycles. The molecule has 0 unspecified atom stereocenters. The number of carbonyl (C=O) groups excluding carboxylic acids is 1. The molecule has 0 saturated carbocycles. The van der Waals surface area contributed by atoms with Gasteiger partial charge in [0.25, 0.3) is 5.91 Å². The van der Waals surface area contributed by atoms with Crippen LogP contribution in [-0.2, 0) is 0 Å². The predicted molar refractivity (Wildman–Crippen MR) is 116 cm³/mol. The summed E-state index contributed by atoms with van der Waals surface area (Å²) in [5.74, 6) is -0.141. The average Bonchev–Trinajstić information content (AvgIpc) is 2.93. The van der Waals surface area contributed by atoms with Crippen LogP contribution in [-0.4, -0.2) is 42.0 Å². The Bertz CT molecular complexity index is 1070. The van der Waals surface area contributed by atoms with Gasteiger partial charge in [-0.25, -0.2) is 9.37 Å². The lowest BCUT2D eigenvalue weighted by molar-refractivity contribution is 0.0734. The van der Waals surface area contributed by atoms with Crippen LogP contribution in [0.1, 0.15) is 22.9 Å². The minimum absolute atomic E-state index is 0.136. The van der Waals surface area contributed by atoms with Crippen LogP contribution in [0.25, 0.3) is 11.3 Å². The van der Waals surface area contributed by atoms with Crippen molar-refractivity contribution in [2.24, 2.45) is 0 Å². The summed E-state index contributed by atoms with van der Waals surface area (Å²) in [4.78, 5) is 21.5. The van der Waals surface area contributed by atoms with Crippen molar-refractivity contribution in [1.29, 1.82) is 0 Å². The summed E-state index contributed by atoms with van der Waals surface area (Å²) in [5, 5.41) is 1.15. The summed E-state index contributed by atoms with van der Waals surface area (Å²) in [6, 6.07) is 11.4. The number of amides is 1. The molecule has 1 fully saturated rings. The van der Waals surface area contributed by atoms with Crippen LogP contribution in [0.3, 0.4) is 0 Å². The predicted octanol–water partition coefficient (Wildman–Crippen LogP) is 5.45. The molecule has 3 aromatic rings. The lowest BCUT2D eigenvalue weighted by atomic mass is 10.1. The molecular weight excluding hydrogens is 428 g/mol. The van der Waals surface area contributed by atoms with E-state index in [4.69, 9.17) is 27.6 Å². The van der Waals surface area contributed by atoms with Crippen molar-refractivity contribution in [3.63, 3.8) is 0 Å². The number of anilines is 1. The molecule has 0 N–H and O–H groups in total. The molecule has 1 amide bonds. The fourth-order valence-electron chi connectivity index (χ4n) is 3.65. The van der Waals surface area contributed by atoms with Gasteiger partial charge >= 0.3 is 0 Å². The first kappa shape index (κ1) is 20.7. The highest BCUT2D eigenvalue weighted by Gasteiger charge is 2.27. The molecule has 5 nitrogen and oxygen atoms in total. The fourth-order valence-corrected chi connectivity index (χ4v) is 4.16. The molecular formula is C22H20Cl2FN3O2. The maximum Gasteiger partial charge on any atom is 0.292 e. The van der Waals surface area contributed by atoms with Gasteiger partial charge in [-0.15, -0.1) is 0 Å². The van der Waals surface area contributed by atoms with Crippen LogP contribution >= 0.6 is 23.2 Å². The van der Waals surface area contributed by atoms with E-state index in [9.17, 15) is 9.18 Å². The van der Waals surface area contributed by atoms with Gasteiger partial charge in [0.05, 0.1) is 0 Å². The standard InChI is InChI=1S/C22H20Cl2FN3O2/c1-14-26-20(15-4-2-5-18(25)10-15)21(30-14)22(29)28-7-3-6-27(8-9-28)19-12-16(23)11-17(24)13-19/h2,4-5,10-13H,3,6-9H2,1H3. The number of oxazole rings is 1. The maximum atomic E-state index is 13.7. The highest BCUT2D eigenvalue weighted by Crippen LogP contribution is 2.28. The fraction of sp³-hybridized carbons (Fsp3) is 0.273. The number of aryl methyl sites for hydroxylation is 1. The van der Waals surface area contributed by atoms with Crippen LogP contribution in [0.15, 0.2) is 46.9 Å². The molecule has 1 aliphatic rings. The highest BCUT2D eigenvalue weighted by molar-refractivity contribution is 6.35. The molecule has 0 aliphatic carbocycles. The van der Waals surface area contributed by atoms with Crippen molar-refractivity contribution >= 4 is 34.8 Å². The molecule has 0 atom stereocenters. The molecule has 156 valence electrons. The van der Waals surface area contributed by atoms with Crippen molar-refractivity contribution in [1.82, 2.24) is 9.88 Å². The lowest BCUT2D eigenvalue weighted by Crippen LogP contribution is -2.35. The van der Waals surface area contributed by atoms with Crippen molar-refractivity contribution in [3.05, 3.63) is 70.0 Å². The van der Waals surface area contributed by atoms with Gasteiger partial charge in [0.2, 0.25) is 5.76 Å². The Balaban J connectivity index is 1.55. The lowest BCUT2D eigenvalue weighted by Gasteiger charge is -2.24. The summed E-state index contributed by atoms with van der Waals surface area (Å²) in [7, 11) is 0. The number of nitrogens with zero attached hydrogens (tertiary/aromatic N) is 3. The largest absolute Gasteiger partial charge is 0.435 e. The Hall–Kier alpha value is -2.57. The average molecular weight is 448 g/mol. The Morgan fingerprint density at radius 3 is 2.57 bits per heavy atom. The van der Waals surface area contributed by atoms with Crippen LogP contribution in [0.4, 0.5) is 10.1 Å². The van der Waals surface area contributed by atoms with Gasteiger partial charge in [-0.05, 0) is 36.8 Å². The second-order valence-corrected chi connectivity index (χ2v) is 8.05. The third kappa shape index (κ3) is 4.45. The van der Waals surface area contributed by atoms with Gasteiger partial charge in [-0.2, -0.15) is 0 Å². The van der Waals surface area contributed by atoms with Crippen molar-refractivity contribution in [2.75, 3.05) is 31.1 Å². The first-order valence-corrected chi connectivity index (χ1v) is 10.4. The maximum absolute atomic E-state index is 13.7. The minimum Gasteiger partial charge on any atom is -0.435 e. The number of halogens is 3.